The molecular formula is C33H68NO6-. The van der Waals surface area contributed by atoms with Crippen LogP contribution in [0.2, 0.25) is 0 Å². The lowest BCUT2D eigenvalue weighted by Crippen LogP contribution is -2.56. The van der Waals surface area contributed by atoms with Crippen molar-refractivity contribution in [2.75, 3.05) is 32.9 Å². The van der Waals surface area contributed by atoms with Crippen molar-refractivity contribution in [2.45, 2.75) is 180 Å². The fourth-order valence-electron chi connectivity index (χ4n) is 5.22. The second-order valence-electron chi connectivity index (χ2n) is 11.8. The number of hydrogen-bond acceptors (Lipinski definition) is 7. The van der Waals surface area contributed by atoms with Crippen molar-refractivity contribution in [1.82, 2.24) is 5.06 Å². The van der Waals surface area contributed by atoms with Gasteiger partial charge >= 0.3 is 0 Å². The van der Waals surface area contributed by atoms with E-state index in [1.165, 1.54) is 89.9 Å². The average molecular weight is 575 g/mol. The molecule has 0 fully saturated rings. The summed E-state index contributed by atoms with van der Waals surface area (Å²) < 4.78 is 12.3. The van der Waals surface area contributed by atoms with Gasteiger partial charge in [-0.3, -0.25) is 0 Å². The highest BCUT2D eigenvalue weighted by Crippen LogP contribution is 2.27. The fourth-order valence-corrected chi connectivity index (χ4v) is 5.22. The van der Waals surface area contributed by atoms with Gasteiger partial charge in [0.25, 0.3) is 0 Å². The van der Waals surface area contributed by atoms with Crippen LogP contribution in [0, 0.1) is 5.21 Å². The zero-order valence-corrected chi connectivity index (χ0v) is 26.8. The van der Waals surface area contributed by atoms with Gasteiger partial charge in [0, 0.05) is 6.61 Å². The molecule has 2 atom stereocenters. The smallest absolute Gasteiger partial charge is 0.221 e. The summed E-state index contributed by atoms with van der Waals surface area (Å²) in [4.78, 5) is 0. The van der Waals surface area contributed by atoms with Crippen molar-refractivity contribution in [1.29, 1.82) is 0 Å². The van der Waals surface area contributed by atoms with Gasteiger partial charge in [-0.1, -0.05) is 129 Å². The molecule has 242 valence electrons. The molecule has 2 unspecified atom stereocenters. The van der Waals surface area contributed by atoms with Crippen LogP contribution in [0.25, 0.3) is 0 Å². The third kappa shape index (κ3) is 21.4. The number of unbranched alkanes of at least 4 members (excludes halogenated alkanes) is 18. The van der Waals surface area contributed by atoms with E-state index in [-0.39, 0.29) is 26.1 Å². The first-order valence-corrected chi connectivity index (χ1v) is 17.1. The molecule has 0 saturated heterocycles. The molecule has 0 aromatic heterocycles. The second-order valence-corrected chi connectivity index (χ2v) is 11.8. The maximum atomic E-state index is 12.1. The van der Waals surface area contributed by atoms with E-state index >= 15 is 0 Å². The molecule has 3 N–H and O–H groups in total. The van der Waals surface area contributed by atoms with Gasteiger partial charge in [-0.15, -0.1) is 0 Å². The normalized spacial score (nSPS) is 13.8. The Morgan fingerprint density at radius 1 is 0.600 bits per heavy atom. The summed E-state index contributed by atoms with van der Waals surface area (Å²) >= 11 is 0. The number of rotatable bonds is 32. The average Bonchev–Trinajstić information content (AvgIpc) is 2.95. The largest absolute Gasteiger partial charge is 0.785 e. The summed E-state index contributed by atoms with van der Waals surface area (Å²) in [6.45, 7) is 7.17. The van der Waals surface area contributed by atoms with Gasteiger partial charge in [-0.25, -0.2) is 0 Å². The van der Waals surface area contributed by atoms with Gasteiger partial charge in [0.15, 0.2) is 0 Å². The summed E-state index contributed by atoms with van der Waals surface area (Å²) in [5, 5.41) is 43.7. The highest BCUT2D eigenvalue weighted by molar-refractivity contribution is 4.86. The van der Waals surface area contributed by atoms with Crippen molar-refractivity contribution < 1.29 is 24.8 Å². The van der Waals surface area contributed by atoms with Gasteiger partial charge in [-0.2, -0.15) is 0 Å². The maximum Gasteiger partial charge on any atom is 0.221 e. The third-order valence-corrected chi connectivity index (χ3v) is 7.92. The first-order valence-electron chi connectivity index (χ1n) is 17.1. The standard InChI is InChI=1S/C33H68NO6/c1-4-6-8-10-12-14-16-18-20-22-29-39-33(31(3)36,32(37)25-27-34(38)26-24-28-35)40-30-23-21-19-17-15-13-11-9-7-5-2/h31-32,35-37H,4-30H2,1-3H3/q-1. The first kappa shape index (κ1) is 39.7. The van der Waals surface area contributed by atoms with Gasteiger partial charge in [-0.05, 0) is 45.7 Å². The van der Waals surface area contributed by atoms with Crippen molar-refractivity contribution in [3.63, 3.8) is 0 Å². The van der Waals surface area contributed by atoms with Crippen molar-refractivity contribution >= 4 is 0 Å². The Morgan fingerprint density at radius 3 is 1.32 bits per heavy atom. The minimum Gasteiger partial charge on any atom is -0.785 e. The van der Waals surface area contributed by atoms with Gasteiger partial charge in [0.2, 0.25) is 5.79 Å². The number of hydrogen-bond donors (Lipinski definition) is 3. The van der Waals surface area contributed by atoms with E-state index in [0.29, 0.717) is 19.6 Å². The van der Waals surface area contributed by atoms with Gasteiger partial charge < -0.3 is 35.1 Å². The molecule has 0 rings (SSSR count). The molecular weight excluding hydrogens is 506 g/mol. The third-order valence-electron chi connectivity index (χ3n) is 7.92. The molecule has 0 aromatic carbocycles. The summed E-state index contributed by atoms with van der Waals surface area (Å²) in [7, 11) is 0. The SMILES string of the molecule is CCCCCCCCCCCCOC(OCCCCCCCCCCCC)(C(C)O)C(O)CCN([O-])CCCO. The molecule has 0 bridgehead atoms. The zero-order valence-electron chi connectivity index (χ0n) is 26.8. The van der Waals surface area contributed by atoms with Crippen LogP contribution in [0.5, 0.6) is 0 Å². The van der Waals surface area contributed by atoms with Gasteiger partial charge in [0.05, 0.1) is 13.2 Å². The van der Waals surface area contributed by atoms with E-state index in [0.717, 1.165) is 43.6 Å². The Kier molecular flexibility index (Phi) is 28.6. The highest BCUT2D eigenvalue weighted by Gasteiger charge is 2.44. The Balaban J connectivity index is 4.60. The molecule has 0 heterocycles. The van der Waals surface area contributed by atoms with Gasteiger partial charge in [0.1, 0.15) is 12.2 Å². The predicted molar refractivity (Wildman–Crippen MR) is 167 cm³/mol. The molecule has 0 aliphatic carbocycles. The van der Waals surface area contributed by atoms with Crippen molar-refractivity contribution in [3.05, 3.63) is 5.21 Å². The Bertz CT molecular complexity index is 481. The molecule has 0 radical (unpaired) electrons. The van der Waals surface area contributed by atoms with Crippen molar-refractivity contribution in [2.24, 2.45) is 0 Å². The molecule has 0 spiro atoms. The quantitative estimate of drug-likeness (QED) is 0.0426. The van der Waals surface area contributed by atoms with Crippen LogP contribution in [0.4, 0.5) is 0 Å². The molecule has 40 heavy (non-hydrogen) atoms. The van der Waals surface area contributed by atoms with Crippen LogP contribution >= 0.6 is 0 Å². The van der Waals surface area contributed by atoms with Crippen LogP contribution in [0.3, 0.4) is 0 Å². The minimum atomic E-state index is -1.53. The number of hydroxylamine groups is 2. The molecule has 0 aliphatic heterocycles. The van der Waals surface area contributed by atoms with Crippen LogP contribution in [-0.4, -0.2) is 71.3 Å². The molecule has 0 aliphatic rings. The molecule has 0 amide bonds. The zero-order chi connectivity index (χ0) is 29.7. The summed E-state index contributed by atoms with van der Waals surface area (Å²) in [5.74, 6) is -1.53. The number of nitrogens with zero attached hydrogens (tertiary/aromatic N) is 1. The summed E-state index contributed by atoms with van der Waals surface area (Å²) in [5.41, 5.74) is 0. The second kappa shape index (κ2) is 28.8. The Morgan fingerprint density at radius 2 is 0.975 bits per heavy atom. The first-order chi connectivity index (χ1) is 19.4. The molecule has 0 aromatic rings. The monoisotopic (exact) mass is 575 g/mol. The summed E-state index contributed by atoms with van der Waals surface area (Å²) in [6.07, 6.45) is 22.8. The van der Waals surface area contributed by atoms with Crippen LogP contribution < -0.4 is 0 Å². The van der Waals surface area contributed by atoms with E-state index in [4.69, 9.17) is 14.6 Å². The lowest BCUT2D eigenvalue weighted by atomic mass is 10.0. The lowest BCUT2D eigenvalue weighted by molar-refractivity contribution is -0.321. The highest BCUT2D eigenvalue weighted by atomic mass is 16.7. The van der Waals surface area contributed by atoms with E-state index in [2.05, 4.69) is 13.8 Å². The fraction of sp³-hybridized carbons (Fsp3) is 1.00. The van der Waals surface area contributed by atoms with Crippen LogP contribution in [-0.2, 0) is 9.47 Å². The van der Waals surface area contributed by atoms with E-state index in [9.17, 15) is 15.4 Å². The minimum absolute atomic E-state index is 0.0388. The van der Waals surface area contributed by atoms with E-state index in [1.807, 2.05) is 0 Å². The molecule has 7 heteroatoms. The van der Waals surface area contributed by atoms with E-state index in [1.54, 1.807) is 6.92 Å². The molecule has 0 saturated carbocycles. The summed E-state index contributed by atoms with van der Waals surface area (Å²) in [6, 6.07) is 0. The van der Waals surface area contributed by atoms with Crippen molar-refractivity contribution in [3.8, 4) is 0 Å². The lowest BCUT2D eigenvalue weighted by Gasteiger charge is -2.41. The Labute approximate surface area is 248 Å². The predicted octanol–water partition coefficient (Wildman–Crippen LogP) is 7.87. The van der Waals surface area contributed by atoms with E-state index < -0.39 is 18.0 Å². The number of aliphatic hydroxyl groups excluding tert-OH is 3. The molecule has 7 nitrogen and oxygen atoms in total. The van der Waals surface area contributed by atoms with Crippen LogP contribution in [0.1, 0.15) is 162 Å². The van der Waals surface area contributed by atoms with Crippen LogP contribution in [0.15, 0.2) is 0 Å². The topological polar surface area (TPSA) is 105 Å². The Hall–Kier alpha value is -0.280. The maximum absolute atomic E-state index is 12.1. The number of ether oxygens (including phenoxy) is 2. The number of aliphatic hydroxyl groups is 3.